The Kier molecular flexibility index (Phi) is 4.47. The van der Waals surface area contributed by atoms with Gasteiger partial charge in [0.1, 0.15) is 0 Å². The van der Waals surface area contributed by atoms with Crippen molar-refractivity contribution in [1.29, 1.82) is 0 Å². The molecule has 1 heterocycles. The van der Waals surface area contributed by atoms with Crippen LogP contribution in [0.15, 0.2) is 24.3 Å². The summed E-state index contributed by atoms with van der Waals surface area (Å²) in [5.74, 6) is -0.286. The van der Waals surface area contributed by atoms with E-state index in [1.54, 1.807) is 24.3 Å². The van der Waals surface area contributed by atoms with Crippen LogP contribution >= 0.6 is 23.2 Å². The highest BCUT2D eigenvalue weighted by molar-refractivity contribution is 6.34. The Morgan fingerprint density at radius 3 is 2.53 bits per heavy atom. The molecule has 6 heteroatoms. The molecular weight excluding hydrogens is 289 g/mol. The molecule has 2 rings (SSSR count). The minimum atomic E-state index is -0.882. The number of benzene rings is 1. The molecule has 1 aromatic carbocycles. The summed E-state index contributed by atoms with van der Waals surface area (Å²) in [4.78, 5) is 13.2. The van der Waals surface area contributed by atoms with Gasteiger partial charge >= 0.3 is 0 Å². The Labute approximate surface area is 120 Å². The number of halogens is 2. The van der Waals surface area contributed by atoms with E-state index < -0.39 is 12.2 Å². The molecule has 1 saturated heterocycles. The first kappa shape index (κ1) is 14.3. The standard InChI is InChI=1S/C13H13Cl2NO3/c14-9-2-3-10(15)8(5-9)1-4-13(19)16-6-11(17)12(18)7-16/h1-5,11-12,17-18H,6-7H2/b4-1+. The van der Waals surface area contributed by atoms with Crippen LogP contribution in [0.5, 0.6) is 0 Å². The maximum Gasteiger partial charge on any atom is 0.246 e. The molecule has 102 valence electrons. The predicted octanol–water partition coefficient (Wildman–Crippen LogP) is 1.57. The van der Waals surface area contributed by atoms with E-state index in [1.807, 2.05) is 0 Å². The van der Waals surface area contributed by atoms with Gasteiger partial charge in [0.05, 0.1) is 12.2 Å². The lowest BCUT2D eigenvalue weighted by molar-refractivity contribution is -0.125. The van der Waals surface area contributed by atoms with Crippen molar-refractivity contribution in [2.24, 2.45) is 0 Å². The third kappa shape index (κ3) is 3.48. The van der Waals surface area contributed by atoms with Crippen LogP contribution in [0, 0.1) is 0 Å². The van der Waals surface area contributed by atoms with E-state index in [1.165, 1.54) is 11.0 Å². The van der Waals surface area contributed by atoms with Crippen LogP contribution in [0.4, 0.5) is 0 Å². The number of β-amino-alcohol motifs (C(OH)–C–C–N with tert-alkyl or cyclic N) is 2. The van der Waals surface area contributed by atoms with Gasteiger partial charge in [0.25, 0.3) is 0 Å². The summed E-state index contributed by atoms with van der Waals surface area (Å²) in [7, 11) is 0. The largest absolute Gasteiger partial charge is 0.388 e. The van der Waals surface area contributed by atoms with Crippen molar-refractivity contribution in [3.8, 4) is 0 Å². The van der Waals surface area contributed by atoms with Crippen LogP contribution in [-0.4, -0.2) is 46.3 Å². The van der Waals surface area contributed by atoms with Crippen molar-refractivity contribution in [3.63, 3.8) is 0 Å². The average Bonchev–Trinajstić information content (AvgIpc) is 2.70. The second-order valence-corrected chi connectivity index (χ2v) is 5.22. The molecule has 1 fully saturated rings. The monoisotopic (exact) mass is 301 g/mol. The number of rotatable bonds is 2. The highest BCUT2D eigenvalue weighted by Crippen LogP contribution is 2.22. The number of amides is 1. The fourth-order valence-electron chi connectivity index (χ4n) is 1.86. The maximum absolute atomic E-state index is 11.8. The summed E-state index contributed by atoms with van der Waals surface area (Å²) in [6.45, 7) is 0.265. The zero-order chi connectivity index (χ0) is 14.0. The second kappa shape index (κ2) is 5.92. The van der Waals surface area contributed by atoms with Gasteiger partial charge in [-0.3, -0.25) is 4.79 Å². The SMILES string of the molecule is O=C(/C=C/c1cc(Cl)ccc1Cl)N1CC(O)C(O)C1. The number of carbonyl (C=O) groups excluding carboxylic acids is 1. The summed E-state index contributed by atoms with van der Waals surface area (Å²) in [6.07, 6.45) is 1.15. The average molecular weight is 302 g/mol. The van der Waals surface area contributed by atoms with Crippen molar-refractivity contribution in [2.45, 2.75) is 12.2 Å². The van der Waals surface area contributed by atoms with Crippen LogP contribution in [0.2, 0.25) is 10.0 Å². The third-order valence-electron chi connectivity index (χ3n) is 2.93. The molecule has 0 radical (unpaired) electrons. The van der Waals surface area contributed by atoms with Crippen molar-refractivity contribution in [1.82, 2.24) is 4.90 Å². The zero-order valence-electron chi connectivity index (χ0n) is 9.96. The third-order valence-corrected chi connectivity index (χ3v) is 3.51. The molecule has 1 amide bonds. The molecule has 4 nitrogen and oxygen atoms in total. The highest BCUT2D eigenvalue weighted by Gasteiger charge is 2.31. The molecule has 2 atom stereocenters. The van der Waals surface area contributed by atoms with E-state index in [4.69, 9.17) is 23.2 Å². The Morgan fingerprint density at radius 1 is 1.26 bits per heavy atom. The molecule has 0 aromatic heterocycles. The van der Waals surface area contributed by atoms with Crippen LogP contribution in [-0.2, 0) is 4.79 Å². The molecule has 2 N–H and O–H groups in total. The van der Waals surface area contributed by atoms with E-state index >= 15 is 0 Å². The fraction of sp³-hybridized carbons (Fsp3) is 0.308. The quantitative estimate of drug-likeness (QED) is 0.815. The van der Waals surface area contributed by atoms with E-state index in [9.17, 15) is 15.0 Å². The minimum absolute atomic E-state index is 0.133. The maximum atomic E-state index is 11.8. The Bertz CT molecular complexity index is 509. The van der Waals surface area contributed by atoms with Crippen molar-refractivity contribution >= 4 is 35.2 Å². The van der Waals surface area contributed by atoms with E-state index in [2.05, 4.69) is 0 Å². The zero-order valence-corrected chi connectivity index (χ0v) is 11.5. The number of carbonyl (C=O) groups is 1. The summed E-state index contributed by atoms with van der Waals surface area (Å²) < 4.78 is 0. The lowest BCUT2D eigenvalue weighted by Gasteiger charge is -2.12. The topological polar surface area (TPSA) is 60.8 Å². The second-order valence-electron chi connectivity index (χ2n) is 4.38. The smallest absolute Gasteiger partial charge is 0.246 e. The number of aliphatic hydroxyl groups is 2. The van der Waals surface area contributed by atoms with Gasteiger partial charge in [-0.05, 0) is 29.8 Å². The first-order valence-electron chi connectivity index (χ1n) is 5.75. The molecule has 1 aromatic rings. The molecule has 0 bridgehead atoms. The van der Waals surface area contributed by atoms with Gasteiger partial charge in [-0.25, -0.2) is 0 Å². The Hall–Kier alpha value is -1.07. The van der Waals surface area contributed by atoms with Gasteiger partial charge in [-0.15, -0.1) is 0 Å². The van der Waals surface area contributed by atoms with Gasteiger partial charge in [0, 0.05) is 29.2 Å². The van der Waals surface area contributed by atoms with Crippen LogP contribution < -0.4 is 0 Å². The number of hydrogen-bond donors (Lipinski definition) is 2. The van der Waals surface area contributed by atoms with Gasteiger partial charge in [0.2, 0.25) is 5.91 Å². The first-order valence-corrected chi connectivity index (χ1v) is 6.51. The van der Waals surface area contributed by atoms with E-state index in [0.29, 0.717) is 15.6 Å². The van der Waals surface area contributed by atoms with Crippen LogP contribution in [0.25, 0.3) is 6.08 Å². The number of hydrogen-bond acceptors (Lipinski definition) is 3. The first-order chi connectivity index (χ1) is 8.97. The highest BCUT2D eigenvalue weighted by atomic mass is 35.5. The number of aliphatic hydroxyl groups excluding tert-OH is 2. The fourth-order valence-corrected chi connectivity index (χ4v) is 2.22. The summed E-state index contributed by atoms with van der Waals surface area (Å²) >= 11 is 11.8. The number of nitrogens with zero attached hydrogens (tertiary/aromatic N) is 1. The van der Waals surface area contributed by atoms with Crippen LogP contribution in [0.3, 0.4) is 0 Å². The Balaban J connectivity index is 2.06. The molecular formula is C13H13Cl2NO3. The van der Waals surface area contributed by atoms with Crippen molar-refractivity contribution < 1.29 is 15.0 Å². The molecule has 0 spiro atoms. The van der Waals surface area contributed by atoms with E-state index in [-0.39, 0.29) is 19.0 Å². The lowest BCUT2D eigenvalue weighted by Crippen LogP contribution is -2.27. The predicted molar refractivity (Wildman–Crippen MR) is 74.1 cm³/mol. The van der Waals surface area contributed by atoms with Crippen molar-refractivity contribution in [3.05, 3.63) is 39.9 Å². The summed E-state index contributed by atoms with van der Waals surface area (Å²) in [5.41, 5.74) is 0.641. The summed E-state index contributed by atoms with van der Waals surface area (Å²) in [6, 6.07) is 4.97. The van der Waals surface area contributed by atoms with E-state index in [0.717, 1.165) is 0 Å². The molecule has 0 aliphatic carbocycles. The van der Waals surface area contributed by atoms with Gasteiger partial charge in [0.15, 0.2) is 0 Å². The summed E-state index contributed by atoms with van der Waals surface area (Å²) in [5, 5.41) is 19.8. The Morgan fingerprint density at radius 2 is 1.89 bits per heavy atom. The van der Waals surface area contributed by atoms with Crippen LogP contribution in [0.1, 0.15) is 5.56 Å². The molecule has 1 aliphatic heterocycles. The normalized spacial score (nSPS) is 23.3. The van der Waals surface area contributed by atoms with Gasteiger partial charge in [-0.2, -0.15) is 0 Å². The minimum Gasteiger partial charge on any atom is -0.388 e. The lowest BCUT2D eigenvalue weighted by atomic mass is 10.2. The van der Waals surface area contributed by atoms with Gasteiger partial charge in [-0.1, -0.05) is 23.2 Å². The molecule has 19 heavy (non-hydrogen) atoms. The van der Waals surface area contributed by atoms with Crippen molar-refractivity contribution in [2.75, 3.05) is 13.1 Å². The molecule has 0 saturated carbocycles. The number of likely N-dealkylation sites (tertiary alicyclic amines) is 1. The van der Waals surface area contributed by atoms with Gasteiger partial charge < -0.3 is 15.1 Å². The molecule has 2 unspecified atom stereocenters. The molecule has 1 aliphatic rings.